The molecule has 0 spiro atoms. The summed E-state index contributed by atoms with van der Waals surface area (Å²) >= 11 is 0. The van der Waals surface area contributed by atoms with Crippen LogP contribution in [0, 0.1) is 0 Å². The van der Waals surface area contributed by atoms with Gasteiger partial charge in [0.1, 0.15) is 6.10 Å². The molecule has 1 fully saturated rings. The van der Waals surface area contributed by atoms with Crippen molar-refractivity contribution in [1.29, 1.82) is 0 Å². The number of oxime groups is 1. The first-order valence-electron chi connectivity index (χ1n) is 14.7. The third-order valence-electron chi connectivity index (χ3n) is 7.94. The van der Waals surface area contributed by atoms with Crippen molar-refractivity contribution in [3.05, 3.63) is 129 Å². The maximum atomic E-state index is 13.0. The number of nitrogens with one attached hydrogen (secondary N) is 1. The van der Waals surface area contributed by atoms with Crippen molar-refractivity contribution in [1.82, 2.24) is 9.55 Å². The fraction of sp³-hybridized carbons (Fsp3) is 0.265. The van der Waals surface area contributed by atoms with Crippen molar-refractivity contribution < 1.29 is 31.6 Å². The van der Waals surface area contributed by atoms with Gasteiger partial charge in [-0.15, -0.1) is 5.16 Å². The van der Waals surface area contributed by atoms with E-state index < -0.39 is 45.4 Å². The average molecular weight is 660 g/mol. The molecular formula is C34H33N3O9S. The molecule has 1 N–H and O–H groups in total. The van der Waals surface area contributed by atoms with Crippen LogP contribution in [0.2, 0.25) is 0 Å². The molecule has 5 aromatic rings. The van der Waals surface area contributed by atoms with Gasteiger partial charge in [0.25, 0.3) is 15.7 Å². The number of fused-ring (bicyclic) bond motifs is 2. The summed E-state index contributed by atoms with van der Waals surface area (Å²) in [4.78, 5) is 32.4. The number of H-pyrrole nitrogens is 1. The molecule has 12 nitrogen and oxygen atoms in total. The zero-order chi connectivity index (χ0) is 33.0. The van der Waals surface area contributed by atoms with Gasteiger partial charge in [-0.1, -0.05) is 72.8 Å². The first-order valence-corrected chi connectivity index (χ1v) is 16.6. The molecule has 0 unspecified atom stereocenters. The summed E-state index contributed by atoms with van der Waals surface area (Å²) in [6.45, 7) is 3.10. The minimum Gasteiger partial charge on any atom is -0.393 e. The van der Waals surface area contributed by atoms with Crippen LogP contribution in [0.1, 0.15) is 17.4 Å². The normalized spacial score (nSPS) is 21.3. The van der Waals surface area contributed by atoms with E-state index in [0.29, 0.717) is 0 Å². The van der Waals surface area contributed by atoms with Crippen LogP contribution in [0.25, 0.3) is 21.5 Å². The number of hydrogen-bond acceptors (Lipinski definition) is 10. The standard InChI is InChI=1S/C34H33N3O9S/c1-35-44-22-34(21-42-19-23-11-13-25-7-3-5-9-27(25)17-23)31(43-20-24-12-14-26-8-4-6-10-28(26)18-24)30(46-47(2,40)41)32(45-34)37-16-15-29(38)36-33(37)39/h3-18,30-32H,1,19-22H2,2H3,(H,36,38,39)/t30-,31+,32-,34+/m1/s1. The van der Waals surface area contributed by atoms with Crippen LogP contribution < -0.4 is 11.2 Å². The maximum absolute atomic E-state index is 13.0. The van der Waals surface area contributed by atoms with Crippen LogP contribution in [0.15, 0.2) is 112 Å². The molecule has 1 aliphatic heterocycles. The van der Waals surface area contributed by atoms with Gasteiger partial charge in [0.15, 0.2) is 24.5 Å². The Hall–Kier alpha value is -4.66. The third kappa shape index (κ3) is 7.34. The van der Waals surface area contributed by atoms with Gasteiger partial charge in [0.05, 0.1) is 26.1 Å². The quantitative estimate of drug-likeness (QED) is 0.113. The minimum absolute atomic E-state index is 0.0175. The Labute approximate surface area is 270 Å². The molecule has 13 heteroatoms. The van der Waals surface area contributed by atoms with Gasteiger partial charge in [0, 0.05) is 19.0 Å². The summed E-state index contributed by atoms with van der Waals surface area (Å²) in [6.07, 6.45) is -1.90. The van der Waals surface area contributed by atoms with E-state index in [0.717, 1.165) is 49.6 Å². The van der Waals surface area contributed by atoms with Crippen LogP contribution in [0.5, 0.6) is 0 Å². The molecule has 1 aromatic heterocycles. The Morgan fingerprint density at radius 3 is 2.09 bits per heavy atom. The van der Waals surface area contributed by atoms with E-state index in [9.17, 15) is 18.0 Å². The molecule has 0 amide bonds. The fourth-order valence-electron chi connectivity index (χ4n) is 5.83. The number of ether oxygens (including phenoxy) is 3. The van der Waals surface area contributed by atoms with Gasteiger partial charge < -0.3 is 19.0 Å². The van der Waals surface area contributed by atoms with Gasteiger partial charge >= 0.3 is 5.69 Å². The van der Waals surface area contributed by atoms with E-state index in [-0.39, 0.29) is 26.4 Å². The highest BCUT2D eigenvalue weighted by Crippen LogP contribution is 2.42. The predicted molar refractivity (Wildman–Crippen MR) is 176 cm³/mol. The van der Waals surface area contributed by atoms with E-state index in [4.69, 9.17) is 23.2 Å². The summed E-state index contributed by atoms with van der Waals surface area (Å²) in [5.41, 5.74) is -1.37. The van der Waals surface area contributed by atoms with Crippen molar-refractivity contribution in [2.24, 2.45) is 5.16 Å². The first-order chi connectivity index (χ1) is 22.6. The highest BCUT2D eigenvalue weighted by atomic mass is 32.2. The molecule has 6 rings (SSSR count). The van der Waals surface area contributed by atoms with Gasteiger partial charge in [-0.25, -0.2) is 4.79 Å². The first kappa shape index (κ1) is 32.3. The number of hydrogen-bond donors (Lipinski definition) is 1. The van der Waals surface area contributed by atoms with Crippen LogP contribution in [-0.4, -0.2) is 62.0 Å². The van der Waals surface area contributed by atoms with E-state index in [1.165, 1.54) is 6.20 Å². The molecule has 0 saturated carbocycles. The number of aromatic amines is 1. The van der Waals surface area contributed by atoms with E-state index >= 15 is 0 Å². The topological polar surface area (TPSA) is 148 Å². The summed E-state index contributed by atoms with van der Waals surface area (Å²) in [5.74, 6) is 0. The third-order valence-corrected chi connectivity index (χ3v) is 8.51. The van der Waals surface area contributed by atoms with Crippen molar-refractivity contribution in [3.8, 4) is 0 Å². The highest BCUT2D eigenvalue weighted by molar-refractivity contribution is 7.86. The smallest absolute Gasteiger partial charge is 0.330 e. The van der Waals surface area contributed by atoms with Crippen molar-refractivity contribution in [2.75, 3.05) is 19.5 Å². The second-order valence-corrected chi connectivity index (χ2v) is 12.9. The van der Waals surface area contributed by atoms with Gasteiger partial charge in [-0.2, -0.15) is 8.42 Å². The lowest BCUT2D eigenvalue weighted by atomic mass is 9.96. The van der Waals surface area contributed by atoms with E-state index in [1.807, 2.05) is 84.9 Å². The SMILES string of the molecule is C=NOC[C@]1(COCc2ccc3ccccc3c2)O[C@@H](n2ccc(=O)[nH]c2=O)[C@H](OS(C)(=O)=O)[C@@H]1OCc1ccc2ccccc2c1. The molecule has 244 valence electrons. The van der Waals surface area contributed by atoms with Gasteiger partial charge in [0.2, 0.25) is 0 Å². The molecule has 0 bridgehead atoms. The van der Waals surface area contributed by atoms with Crippen molar-refractivity contribution >= 4 is 38.4 Å². The lowest BCUT2D eigenvalue weighted by molar-refractivity contribution is -0.184. The Balaban J connectivity index is 1.37. The van der Waals surface area contributed by atoms with E-state index in [1.54, 1.807) is 0 Å². The van der Waals surface area contributed by atoms with Crippen LogP contribution in [0.4, 0.5) is 0 Å². The molecule has 1 aliphatic rings. The molecule has 0 radical (unpaired) electrons. The Kier molecular flexibility index (Phi) is 9.34. The van der Waals surface area contributed by atoms with Crippen molar-refractivity contribution in [2.45, 2.75) is 37.3 Å². The molecule has 0 aliphatic carbocycles. The number of rotatable bonds is 13. The summed E-state index contributed by atoms with van der Waals surface area (Å²) in [7, 11) is -4.13. The monoisotopic (exact) mass is 659 g/mol. The summed E-state index contributed by atoms with van der Waals surface area (Å²) in [5, 5.41) is 7.69. The summed E-state index contributed by atoms with van der Waals surface area (Å²) < 4.78 is 51.0. The van der Waals surface area contributed by atoms with Gasteiger partial charge in [-0.05, 0) is 44.8 Å². The second kappa shape index (κ2) is 13.6. The lowest BCUT2D eigenvalue weighted by Crippen LogP contribution is -2.52. The molecule has 4 atom stereocenters. The lowest BCUT2D eigenvalue weighted by Gasteiger charge is -2.33. The molecule has 47 heavy (non-hydrogen) atoms. The zero-order valence-electron chi connectivity index (χ0n) is 25.5. The van der Waals surface area contributed by atoms with Crippen LogP contribution in [-0.2, 0) is 46.6 Å². The van der Waals surface area contributed by atoms with Crippen molar-refractivity contribution in [3.63, 3.8) is 0 Å². The molecular weight excluding hydrogens is 626 g/mol. The summed E-state index contributed by atoms with van der Waals surface area (Å²) in [6, 6.07) is 28.6. The molecule has 2 heterocycles. The van der Waals surface area contributed by atoms with Crippen LogP contribution in [0.3, 0.4) is 0 Å². The second-order valence-electron chi connectivity index (χ2n) is 11.3. The maximum Gasteiger partial charge on any atom is 0.330 e. The molecule has 4 aromatic carbocycles. The minimum atomic E-state index is -4.13. The molecule has 1 saturated heterocycles. The average Bonchev–Trinajstić information content (AvgIpc) is 3.33. The predicted octanol–water partition coefficient (Wildman–Crippen LogP) is 3.89. The van der Waals surface area contributed by atoms with Gasteiger partial charge in [-0.3, -0.25) is 18.5 Å². The fourth-order valence-corrected chi connectivity index (χ4v) is 6.43. The van der Waals surface area contributed by atoms with Crippen LogP contribution >= 0.6 is 0 Å². The Morgan fingerprint density at radius 2 is 1.49 bits per heavy atom. The Morgan fingerprint density at radius 1 is 0.872 bits per heavy atom. The largest absolute Gasteiger partial charge is 0.393 e. The number of benzene rings is 4. The number of aromatic nitrogens is 2. The number of nitrogens with zero attached hydrogens (tertiary/aromatic N) is 2. The van der Waals surface area contributed by atoms with E-state index in [2.05, 4.69) is 16.9 Å². The zero-order valence-corrected chi connectivity index (χ0v) is 26.3. The highest BCUT2D eigenvalue weighted by Gasteiger charge is 2.60. The Bertz CT molecular complexity index is 2130.